The Hall–Kier alpha value is -2.64. The predicted octanol–water partition coefficient (Wildman–Crippen LogP) is 3.07. The van der Waals surface area contributed by atoms with Crippen molar-refractivity contribution in [2.45, 2.75) is 38.3 Å². The Morgan fingerprint density at radius 2 is 1.70 bits per heavy atom. The number of benzene rings is 1. The third-order valence-corrected chi connectivity index (χ3v) is 6.20. The molecule has 7 heteroatoms. The molecule has 0 aliphatic heterocycles. The van der Waals surface area contributed by atoms with E-state index in [0.29, 0.717) is 17.9 Å². The summed E-state index contributed by atoms with van der Waals surface area (Å²) in [6.07, 6.45) is 2.43. The molecule has 1 heterocycles. The Kier molecular flexibility index (Phi) is 7.29. The molecule has 2 aromatic carbocycles. The Morgan fingerprint density at radius 3 is 2.30 bits per heavy atom. The molecule has 0 radical (unpaired) electrons. The third kappa shape index (κ3) is 5.29. The van der Waals surface area contributed by atoms with Crippen molar-refractivity contribution in [3.05, 3.63) is 72.7 Å². The number of rotatable bonds is 11. The van der Waals surface area contributed by atoms with Gasteiger partial charge >= 0.3 is 0 Å². The lowest BCUT2D eigenvalue weighted by Gasteiger charge is -2.27. The van der Waals surface area contributed by atoms with E-state index in [9.17, 15) is 14.7 Å². The zero-order valence-corrected chi connectivity index (χ0v) is 18.5. The van der Waals surface area contributed by atoms with Gasteiger partial charge in [-0.25, -0.2) is 0 Å². The first-order valence-electron chi connectivity index (χ1n) is 10.2. The van der Waals surface area contributed by atoms with E-state index in [1.165, 1.54) is 5.56 Å². The molecule has 3 aromatic rings. The molecule has 2 atom stereocenters. The fourth-order valence-corrected chi connectivity index (χ4v) is 4.14. The average molecular weight is 428 g/mol. The van der Waals surface area contributed by atoms with Crippen molar-refractivity contribution in [3.8, 4) is 5.75 Å². The smallest absolute Gasteiger partial charge is 0.253 e. The van der Waals surface area contributed by atoms with Crippen LogP contribution in [0.15, 0.2) is 50.7 Å². The van der Waals surface area contributed by atoms with E-state index in [4.69, 9.17) is 0 Å². The van der Waals surface area contributed by atoms with Crippen LogP contribution in [0.1, 0.15) is 24.5 Å². The molecule has 0 saturated carbocycles. The van der Waals surface area contributed by atoms with Crippen molar-refractivity contribution >= 4 is 22.7 Å². The van der Waals surface area contributed by atoms with Crippen LogP contribution in [0.3, 0.4) is 0 Å². The first-order chi connectivity index (χ1) is 14.4. The molecule has 0 aliphatic carbocycles. The molecular formula is C23H29N3O3S. The zero-order valence-electron chi connectivity index (χ0n) is 17.6. The van der Waals surface area contributed by atoms with Crippen molar-refractivity contribution in [2.24, 2.45) is 0 Å². The van der Waals surface area contributed by atoms with Crippen LogP contribution in [0.5, 0.6) is 5.75 Å². The lowest BCUT2D eigenvalue weighted by Crippen LogP contribution is -2.43. The molecule has 1 aromatic heterocycles. The van der Waals surface area contributed by atoms with Gasteiger partial charge in [-0.15, -0.1) is 0 Å². The molecule has 0 spiro atoms. The van der Waals surface area contributed by atoms with Gasteiger partial charge in [0.15, 0.2) is 0 Å². The third-order valence-electron chi connectivity index (χ3n) is 5.47. The minimum absolute atomic E-state index is 0.102. The van der Waals surface area contributed by atoms with Gasteiger partial charge in [0.2, 0.25) is 0 Å². The molecule has 3 N–H and O–H groups in total. The lowest BCUT2D eigenvalue weighted by atomic mass is 10.0. The van der Waals surface area contributed by atoms with Gasteiger partial charge in [0.25, 0.3) is 10.9 Å². The number of hydrogen-bond donors (Lipinski definition) is 3. The summed E-state index contributed by atoms with van der Waals surface area (Å²) in [5, 5.41) is 20.1. The highest BCUT2D eigenvalue weighted by Gasteiger charge is 2.24. The summed E-state index contributed by atoms with van der Waals surface area (Å²) in [7, 11) is 3.98. The minimum atomic E-state index is -0.454. The number of hydrogen-bond acceptors (Lipinski definition) is 7. The van der Waals surface area contributed by atoms with Gasteiger partial charge in [-0.3, -0.25) is 9.59 Å². The van der Waals surface area contributed by atoms with Crippen molar-refractivity contribution in [1.29, 1.82) is 0 Å². The highest BCUT2D eigenvalue weighted by molar-refractivity contribution is 7.07. The van der Waals surface area contributed by atoms with Gasteiger partial charge in [-0.05, 0) is 73.4 Å². The largest absolute Gasteiger partial charge is 0.508 e. The number of thiophene rings is 1. The summed E-state index contributed by atoms with van der Waals surface area (Å²) in [6, 6.07) is 9.45. The van der Waals surface area contributed by atoms with Gasteiger partial charge in [-0.1, -0.05) is 19.1 Å². The van der Waals surface area contributed by atoms with Gasteiger partial charge in [0.05, 0.1) is 0 Å². The SMILES string of the molecule is CC[C@H](Cc1ccsc1)Nc1c(NC[C@@H](Cc2ccc(O)cc2)N(C)C)c(=O)c1=O. The molecule has 0 saturated heterocycles. The van der Waals surface area contributed by atoms with Crippen LogP contribution >= 0.6 is 11.3 Å². The van der Waals surface area contributed by atoms with Crippen molar-refractivity contribution in [3.63, 3.8) is 0 Å². The number of aromatic hydroxyl groups is 1. The summed E-state index contributed by atoms with van der Waals surface area (Å²) in [4.78, 5) is 26.5. The molecule has 0 bridgehead atoms. The number of nitrogens with zero attached hydrogens (tertiary/aromatic N) is 1. The van der Waals surface area contributed by atoms with Crippen LogP contribution < -0.4 is 21.5 Å². The summed E-state index contributed by atoms with van der Waals surface area (Å²) >= 11 is 1.66. The topological polar surface area (TPSA) is 81.7 Å². The number of likely N-dealkylation sites (N-methyl/N-ethyl adjacent to an activating group) is 1. The fraction of sp³-hybridized carbons (Fsp3) is 0.391. The Labute approximate surface area is 180 Å². The summed E-state index contributed by atoms with van der Waals surface area (Å²) in [5.74, 6) is 0.241. The minimum Gasteiger partial charge on any atom is -0.508 e. The van der Waals surface area contributed by atoms with E-state index in [1.807, 2.05) is 31.6 Å². The maximum Gasteiger partial charge on any atom is 0.253 e. The van der Waals surface area contributed by atoms with Gasteiger partial charge < -0.3 is 20.6 Å². The fourth-order valence-electron chi connectivity index (χ4n) is 3.45. The molecule has 30 heavy (non-hydrogen) atoms. The van der Waals surface area contributed by atoms with Crippen LogP contribution in [0.25, 0.3) is 0 Å². The first-order valence-corrected chi connectivity index (χ1v) is 11.1. The predicted molar refractivity (Wildman–Crippen MR) is 125 cm³/mol. The maximum atomic E-state index is 12.2. The maximum absolute atomic E-state index is 12.2. The van der Waals surface area contributed by atoms with Crippen LogP contribution in [-0.2, 0) is 12.8 Å². The highest BCUT2D eigenvalue weighted by Crippen LogP contribution is 2.20. The second-order valence-corrected chi connectivity index (χ2v) is 8.64. The number of phenols is 1. The monoisotopic (exact) mass is 427 g/mol. The second-order valence-electron chi connectivity index (χ2n) is 7.86. The van der Waals surface area contributed by atoms with E-state index in [-0.39, 0.29) is 17.8 Å². The van der Waals surface area contributed by atoms with Gasteiger partial charge in [0.1, 0.15) is 17.1 Å². The number of nitrogens with one attached hydrogen (secondary N) is 2. The van der Waals surface area contributed by atoms with Crippen LogP contribution in [0.4, 0.5) is 11.4 Å². The molecule has 160 valence electrons. The highest BCUT2D eigenvalue weighted by atomic mass is 32.1. The van der Waals surface area contributed by atoms with E-state index in [2.05, 4.69) is 33.9 Å². The molecule has 0 amide bonds. The normalized spacial score (nSPS) is 13.5. The summed E-state index contributed by atoms with van der Waals surface area (Å²) in [5.41, 5.74) is 2.23. The van der Waals surface area contributed by atoms with E-state index in [0.717, 1.165) is 24.8 Å². The zero-order chi connectivity index (χ0) is 21.7. The number of anilines is 2. The van der Waals surface area contributed by atoms with Crippen LogP contribution in [0, 0.1) is 0 Å². The van der Waals surface area contributed by atoms with E-state index < -0.39 is 10.9 Å². The Balaban J connectivity index is 1.65. The average Bonchev–Trinajstić information content (AvgIpc) is 3.25. The molecule has 0 aliphatic rings. The number of phenolic OH excluding ortho intramolecular Hbond substituents is 1. The van der Waals surface area contributed by atoms with Crippen LogP contribution in [-0.4, -0.2) is 42.7 Å². The van der Waals surface area contributed by atoms with E-state index >= 15 is 0 Å². The summed E-state index contributed by atoms with van der Waals surface area (Å²) < 4.78 is 0. The van der Waals surface area contributed by atoms with Gasteiger partial charge in [-0.2, -0.15) is 11.3 Å². The second kappa shape index (κ2) is 9.91. The van der Waals surface area contributed by atoms with Crippen molar-refractivity contribution in [2.75, 3.05) is 31.3 Å². The quantitative estimate of drug-likeness (QED) is 0.408. The van der Waals surface area contributed by atoms with Crippen LogP contribution in [0.2, 0.25) is 0 Å². The molecule has 0 fully saturated rings. The van der Waals surface area contributed by atoms with Crippen molar-refractivity contribution < 1.29 is 5.11 Å². The van der Waals surface area contributed by atoms with Gasteiger partial charge in [0, 0.05) is 18.6 Å². The molecule has 6 nitrogen and oxygen atoms in total. The molecular weight excluding hydrogens is 398 g/mol. The standard InChI is InChI=1S/C23H29N3O3S/c1-4-17(11-16-9-10-30-14-16)25-21-20(22(28)23(21)29)24-13-18(26(2)3)12-15-5-7-19(27)8-6-15/h5-10,14,17-18,24-25,27H,4,11-13H2,1-3H3/t17-,18-/m1/s1. The van der Waals surface area contributed by atoms with Crippen molar-refractivity contribution in [1.82, 2.24) is 4.90 Å². The molecule has 0 unspecified atom stereocenters. The lowest BCUT2D eigenvalue weighted by molar-refractivity contribution is 0.303. The Morgan fingerprint density at radius 1 is 1.00 bits per heavy atom. The van der Waals surface area contributed by atoms with E-state index in [1.54, 1.807) is 23.5 Å². The Bertz CT molecular complexity index is 1010. The molecule has 3 rings (SSSR count). The first kappa shape index (κ1) is 22.1. The summed E-state index contributed by atoms with van der Waals surface area (Å²) in [6.45, 7) is 2.61.